The number of amides is 1. The van der Waals surface area contributed by atoms with Crippen LogP contribution in [-0.4, -0.2) is 23.1 Å². The highest BCUT2D eigenvalue weighted by Crippen LogP contribution is 2.30. The lowest BCUT2D eigenvalue weighted by Crippen LogP contribution is -2.33. The predicted molar refractivity (Wildman–Crippen MR) is 67.7 cm³/mol. The third-order valence-electron chi connectivity index (χ3n) is 3.50. The Hall–Kier alpha value is -2.36. The van der Waals surface area contributed by atoms with Crippen molar-refractivity contribution in [1.29, 1.82) is 0 Å². The fraction of sp³-hybridized carbons (Fsp3) is 0.143. The van der Waals surface area contributed by atoms with Crippen molar-refractivity contribution < 1.29 is 4.79 Å². The molecule has 0 spiro atoms. The van der Waals surface area contributed by atoms with Gasteiger partial charge in [-0.1, -0.05) is 30.3 Å². The van der Waals surface area contributed by atoms with Crippen molar-refractivity contribution in [3.05, 3.63) is 59.2 Å². The maximum absolute atomic E-state index is 11.9. The molecule has 1 N–H and O–H groups in total. The number of hydrogen-bond donors (Lipinski definition) is 1. The molecule has 0 unspecified atom stereocenters. The quantitative estimate of drug-likeness (QED) is 0.736. The van der Waals surface area contributed by atoms with E-state index in [1.165, 1.54) is 5.56 Å². The maximum atomic E-state index is 11.9. The second kappa shape index (κ2) is 3.32. The highest BCUT2D eigenvalue weighted by molar-refractivity contribution is 6.17. The minimum Gasteiger partial charge on any atom is -0.361 e. The van der Waals surface area contributed by atoms with Gasteiger partial charge in [0, 0.05) is 5.56 Å². The van der Waals surface area contributed by atoms with Gasteiger partial charge in [0.25, 0.3) is 5.91 Å². The van der Waals surface area contributed by atoms with Gasteiger partial charge < -0.3 is 5.32 Å². The average Bonchev–Trinajstić information content (AvgIpc) is 2.80. The number of carbonyl (C=O) groups is 1. The van der Waals surface area contributed by atoms with Gasteiger partial charge in [0.05, 0.1) is 24.2 Å². The van der Waals surface area contributed by atoms with E-state index in [2.05, 4.69) is 28.5 Å². The largest absolute Gasteiger partial charge is 0.361 e. The number of rotatable bonds is 0. The first kappa shape index (κ1) is 9.65. The third kappa shape index (κ3) is 1.14. The van der Waals surface area contributed by atoms with Crippen molar-refractivity contribution in [2.45, 2.75) is 6.42 Å². The van der Waals surface area contributed by atoms with Gasteiger partial charge in [0.2, 0.25) is 0 Å². The van der Waals surface area contributed by atoms with Crippen molar-refractivity contribution in [2.75, 3.05) is 6.54 Å². The summed E-state index contributed by atoms with van der Waals surface area (Å²) >= 11 is 0. The second-order valence-corrected chi connectivity index (χ2v) is 4.53. The zero-order valence-corrected chi connectivity index (χ0v) is 9.68. The molecule has 18 heavy (non-hydrogen) atoms. The van der Waals surface area contributed by atoms with Crippen LogP contribution in [0.3, 0.4) is 0 Å². The molecule has 1 aromatic carbocycles. The lowest BCUT2D eigenvalue weighted by Gasteiger charge is -2.28. The standard InChI is InChI=1S/C14H11N3O/c18-13-8-15-12-7-16-14-10-4-2-1-3-9(10)5-6-11(14)17(12)13/h1-4,6-7,15H,5,8H2. The Morgan fingerprint density at radius 3 is 3.11 bits per heavy atom. The maximum Gasteiger partial charge on any atom is 0.252 e. The van der Waals surface area contributed by atoms with Crippen molar-refractivity contribution in [1.82, 2.24) is 10.2 Å². The van der Waals surface area contributed by atoms with Gasteiger partial charge >= 0.3 is 0 Å². The summed E-state index contributed by atoms with van der Waals surface area (Å²) < 4.78 is 0. The van der Waals surface area contributed by atoms with Gasteiger partial charge in [-0.3, -0.25) is 14.7 Å². The number of benzene rings is 1. The van der Waals surface area contributed by atoms with Gasteiger partial charge in [-0.2, -0.15) is 0 Å². The molecule has 1 aromatic rings. The molecule has 4 rings (SSSR count). The predicted octanol–water partition coefficient (Wildman–Crippen LogP) is 1.16. The second-order valence-electron chi connectivity index (χ2n) is 4.53. The fourth-order valence-corrected chi connectivity index (χ4v) is 2.66. The van der Waals surface area contributed by atoms with Crippen molar-refractivity contribution in [3.8, 4) is 0 Å². The molecule has 4 heteroatoms. The van der Waals surface area contributed by atoms with Gasteiger partial charge in [-0.15, -0.1) is 0 Å². The number of hydrogen-bond acceptors (Lipinski definition) is 3. The number of nitrogens with one attached hydrogen (secondary N) is 1. The lowest BCUT2D eigenvalue weighted by molar-refractivity contribution is -0.124. The third-order valence-corrected chi connectivity index (χ3v) is 3.50. The summed E-state index contributed by atoms with van der Waals surface area (Å²) in [6, 6.07) is 8.21. The first-order valence-corrected chi connectivity index (χ1v) is 5.98. The molecule has 0 aromatic heterocycles. The molecule has 1 saturated heterocycles. The Labute approximate surface area is 104 Å². The van der Waals surface area contributed by atoms with Crippen LogP contribution in [0.4, 0.5) is 0 Å². The van der Waals surface area contributed by atoms with E-state index in [0.29, 0.717) is 6.54 Å². The summed E-state index contributed by atoms with van der Waals surface area (Å²) in [6.45, 7) is 0.355. The molecule has 0 radical (unpaired) electrons. The molecule has 1 aliphatic carbocycles. The first-order valence-electron chi connectivity index (χ1n) is 5.98. The smallest absolute Gasteiger partial charge is 0.252 e. The zero-order chi connectivity index (χ0) is 12.1. The molecule has 1 amide bonds. The Morgan fingerprint density at radius 1 is 1.28 bits per heavy atom. The van der Waals surface area contributed by atoms with Crippen LogP contribution in [0.1, 0.15) is 11.1 Å². The Morgan fingerprint density at radius 2 is 2.17 bits per heavy atom. The number of carbonyl (C=O) groups excluding carboxylic acids is 1. The SMILES string of the molecule is O=C1CNC2=CN=C3C(=CCc4ccccc43)N12. The van der Waals surface area contributed by atoms with E-state index in [-0.39, 0.29) is 5.91 Å². The van der Waals surface area contributed by atoms with Crippen LogP contribution >= 0.6 is 0 Å². The normalized spacial score (nSPS) is 20.1. The Balaban J connectivity index is 1.91. The van der Waals surface area contributed by atoms with Crippen molar-refractivity contribution in [3.63, 3.8) is 0 Å². The number of fused-ring (bicyclic) bond motifs is 5. The zero-order valence-electron chi connectivity index (χ0n) is 9.68. The Kier molecular flexibility index (Phi) is 1.78. The Bertz CT molecular complexity index is 655. The molecule has 4 nitrogen and oxygen atoms in total. The summed E-state index contributed by atoms with van der Waals surface area (Å²) in [5.41, 5.74) is 4.21. The molecule has 2 heterocycles. The first-order chi connectivity index (χ1) is 8.84. The van der Waals surface area contributed by atoms with Crippen molar-refractivity contribution in [2.24, 2.45) is 4.99 Å². The number of allylic oxidation sites excluding steroid dienone is 2. The fourth-order valence-electron chi connectivity index (χ4n) is 2.66. The van der Waals surface area contributed by atoms with Crippen LogP contribution in [0.25, 0.3) is 0 Å². The summed E-state index contributed by atoms with van der Waals surface area (Å²) in [5.74, 6) is 0.869. The van der Waals surface area contributed by atoms with E-state index in [9.17, 15) is 4.79 Å². The van der Waals surface area contributed by atoms with Crippen LogP contribution in [0.2, 0.25) is 0 Å². The molecule has 3 aliphatic rings. The van der Waals surface area contributed by atoms with Gasteiger partial charge in [-0.25, -0.2) is 0 Å². The molecular weight excluding hydrogens is 226 g/mol. The minimum atomic E-state index is 0.0827. The van der Waals surface area contributed by atoms with E-state index in [4.69, 9.17) is 0 Å². The van der Waals surface area contributed by atoms with Gasteiger partial charge in [0.15, 0.2) is 0 Å². The summed E-state index contributed by atoms with van der Waals surface area (Å²) in [7, 11) is 0. The van der Waals surface area contributed by atoms with E-state index >= 15 is 0 Å². The number of aliphatic imine (C=N–C) groups is 1. The molecule has 0 saturated carbocycles. The van der Waals surface area contributed by atoms with E-state index in [0.717, 1.165) is 29.2 Å². The van der Waals surface area contributed by atoms with E-state index < -0.39 is 0 Å². The highest BCUT2D eigenvalue weighted by atomic mass is 16.2. The highest BCUT2D eigenvalue weighted by Gasteiger charge is 2.35. The van der Waals surface area contributed by atoms with Crippen LogP contribution in [0.5, 0.6) is 0 Å². The minimum absolute atomic E-state index is 0.0827. The molecule has 1 fully saturated rings. The van der Waals surface area contributed by atoms with E-state index in [1.54, 1.807) is 11.1 Å². The average molecular weight is 237 g/mol. The molecular formula is C14H11N3O. The summed E-state index contributed by atoms with van der Waals surface area (Å²) in [5, 5.41) is 3.05. The van der Waals surface area contributed by atoms with Crippen LogP contribution in [0.15, 0.2) is 53.1 Å². The monoisotopic (exact) mass is 237 g/mol. The lowest BCUT2D eigenvalue weighted by atomic mass is 9.92. The summed E-state index contributed by atoms with van der Waals surface area (Å²) in [4.78, 5) is 18.1. The van der Waals surface area contributed by atoms with Gasteiger partial charge in [-0.05, 0) is 12.0 Å². The topological polar surface area (TPSA) is 44.7 Å². The summed E-state index contributed by atoms with van der Waals surface area (Å²) in [6.07, 6.45) is 4.67. The molecule has 2 aliphatic heterocycles. The van der Waals surface area contributed by atoms with Crippen LogP contribution in [-0.2, 0) is 11.2 Å². The van der Waals surface area contributed by atoms with Crippen LogP contribution in [0, 0.1) is 0 Å². The van der Waals surface area contributed by atoms with Gasteiger partial charge in [0.1, 0.15) is 5.82 Å². The molecule has 0 atom stereocenters. The van der Waals surface area contributed by atoms with Crippen LogP contribution < -0.4 is 5.32 Å². The van der Waals surface area contributed by atoms with Crippen molar-refractivity contribution >= 4 is 11.6 Å². The molecule has 88 valence electrons. The number of nitrogens with zero attached hydrogens (tertiary/aromatic N) is 2. The molecule has 0 bridgehead atoms. The van der Waals surface area contributed by atoms with E-state index in [1.807, 2.05) is 12.1 Å².